The van der Waals surface area contributed by atoms with Gasteiger partial charge in [0.1, 0.15) is 17.0 Å². The second-order valence-corrected chi connectivity index (χ2v) is 5.16. The fourth-order valence-corrected chi connectivity index (χ4v) is 2.90. The zero-order valence-electron chi connectivity index (χ0n) is 11.3. The number of hydrogen-bond acceptors (Lipinski definition) is 10. The zero-order chi connectivity index (χ0) is 15.7. The van der Waals surface area contributed by atoms with E-state index >= 15 is 0 Å². The van der Waals surface area contributed by atoms with E-state index in [0.717, 1.165) is 11.8 Å². The normalized spacial score (nSPS) is 12.2. The van der Waals surface area contributed by atoms with Gasteiger partial charge in [-0.05, 0) is 11.8 Å². The van der Waals surface area contributed by atoms with Crippen LogP contribution in [0, 0.1) is 10.1 Å². The highest BCUT2D eigenvalue weighted by Gasteiger charge is 2.26. The van der Waals surface area contributed by atoms with E-state index in [9.17, 15) is 10.1 Å². The van der Waals surface area contributed by atoms with E-state index in [-0.39, 0.29) is 22.5 Å². The molecule has 10 nitrogen and oxygen atoms in total. The predicted molar refractivity (Wildman–Crippen MR) is 80.7 cm³/mol. The minimum Gasteiger partial charge on any atom is -0.368 e. The molecule has 0 amide bonds. The van der Waals surface area contributed by atoms with Crippen LogP contribution in [0.1, 0.15) is 5.69 Å². The summed E-state index contributed by atoms with van der Waals surface area (Å²) in [6.07, 6.45) is 3.49. The van der Waals surface area contributed by atoms with Gasteiger partial charge in [0.2, 0.25) is 11.8 Å². The molecular formula is C11H10N8O2S. The number of nitrogen functional groups attached to an aromatic ring is 1. The molecule has 0 aromatic carbocycles. The summed E-state index contributed by atoms with van der Waals surface area (Å²) in [6, 6.07) is 0. The van der Waals surface area contributed by atoms with Gasteiger partial charge in [-0.25, -0.2) is 19.9 Å². The Morgan fingerprint density at radius 3 is 2.91 bits per heavy atom. The molecule has 22 heavy (non-hydrogen) atoms. The molecule has 0 saturated carbocycles. The Morgan fingerprint density at radius 2 is 2.18 bits per heavy atom. The summed E-state index contributed by atoms with van der Waals surface area (Å²) in [6.45, 7) is 0. The van der Waals surface area contributed by atoms with Gasteiger partial charge in [0, 0.05) is 19.7 Å². The number of nitrogens with zero attached hydrogens (tertiary/aromatic N) is 6. The molecule has 2 aromatic rings. The van der Waals surface area contributed by atoms with Crippen molar-refractivity contribution in [1.29, 1.82) is 0 Å². The molecule has 1 aliphatic rings. The van der Waals surface area contributed by atoms with Gasteiger partial charge in [-0.3, -0.25) is 15.1 Å². The maximum atomic E-state index is 11.3. The van der Waals surface area contributed by atoms with Gasteiger partial charge in [0.25, 0.3) is 0 Å². The first-order valence-corrected chi connectivity index (χ1v) is 6.95. The molecule has 3 N–H and O–H groups in total. The van der Waals surface area contributed by atoms with Gasteiger partial charge in [0.15, 0.2) is 5.03 Å². The second kappa shape index (κ2) is 5.52. The number of nitro groups is 1. The quantitative estimate of drug-likeness (QED) is 0.482. The summed E-state index contributed by atoms with van der Waals surface area (Å²) in [5.41, 5.74) is 6.71. The molecule has 2 aromatic heterocycles. The molecule has 11 heteroatoms. The van der Waals surface area contributed by atoms with Gasteiger partial charge in [-0.2, -0.15) is 0 Å². The molecule has 0 bridgehead atoms. The average Bonchev–Trinajstić information content (AvgIpc) is 2.94. The van der Waals surface area contributed by atoms with Crippen molar-refractivity contribution in [2.45, 2.75) is 16.5 Å². The van der Waals surface area contributed by atoms with Gasteiger partial charge >= 0.3 is 5.69 Å². The van der Waals surface area contributed by atoms with Gasteiger partial charge < -0.3 is 11.1 Å². The van der Waals surface area contributed by atoms with Crippen LogP contribution in [-0.4, -0.2) is 38.1 Å². The van der Waals surface area contributed by atoms with E-state index in [4.69, 9.17) is 5.73 Å². The monoisotopic (exact) mass is 318 g/mol. The first-order chi connectivity index (χ1) is 10.6. The lowest BCUT2D eigenvalue weighted by molar-refractivity contribution is -0.387. The van der Waals surface area contributed by atoms with Crippen LogP contribution in [0.2, 0.25) is 0 Å². The summed E-state index contributed by atoms with van der Waals surface area (Å²) in [5, 5.41) is 14.5. The smallest absolute Gasteiger partial charge is 0.343 e. The predicted octanol–water partition coefficient (Wildman–Crippen LogP) is 1.21. The van der Waals surface area contributed by atoms with Crippen LogP contribution in [0.4, 0.5) is 23.1 Å². The Bertz CT molecular complexity index is 794. The number of nitrogens with two attached hydrogens (primary N) is 1. The standard InChI is InChI=1S/C11H10N8O2S/c1-13-8-7(19(20)21)10(16-4-15-8)22-9-6-5(2-3-14-6)17-11(12)18-9/h3-4H,2H2,1H3,(H2,12,17,18)(H,13,15,16). The lowest BCUT2D eigenvalue weighted by atomic mass is 10.3. The Hall–Kier alpha value is -2.82. The average molecular weight is 318 g/mol. The highest BCUT2D eigenvalue weighted by Crippen LogP contribution is 2.41. The SMILES string of the molecule is CNc1ncnc(Sc2nc(N)nc3c2N=CC3)c1[N+](=O)[O-]. The van der Waals surface area contributed by atoms with E-state index in [2.05, 4.69) is 30.2 Å². The molecular weight excluding hydrogens is 308 g/mol. The van der Waals surface area contributed by atoms with Crippen molar-refractivity contribution in [3.63, 3.8) is 0 Å². The van der Waals surface area contributed by atoms with Crippen LogP contribution in [0.3, 0.4) is 0 Å². The molecule has 3 heterocycles. The van der Waals surface area contributed by atoms with Crippen LogP contribution in [0.25, 0.3) is 0 Å². The maximum Gasteiger partial charge on any atom is 0.343 e. The third-order valence-corrected chi connectivity index (χ3v) is 3.82. The van der Waals surface area contributed by atoms with Crippen molar-refractivity contribution < 1.29 is 4.92 Å². The summed E-state index contributed by atoms with van der Waals surface area (Å²) in [4.78, 5) is 31.0. The summed E-state index contributed by atoms with van der Waals surface area (Å²) in [5.74, 6) is 0.224. The third kappa shape index (κ3) is 2.41. The van der Waals surface area contributed by atoms with Crippen molar-refractivity contribution in [2.24, 2.45) is 4.99 Å². The van der Waals surface area contributed by atoms with Gasteiger partial charge in [-0.15, -0.1) is 0 Å². The Morgan fingerprint density at radius 1 is 1.36 bits per heavy atom. The zero-order valence-corrected chi connectivity index (χ0v) is 12.2. The lowest BCUT2D eigenvalue weighted by Gasteiger charge is -2.07. The van der Waals surface area contributed by atoms with Crippen LogP contribution in [0.15, 0.2) is 21.4 Å². The molecule has 0 unspecified atom stereocenters. The van der Waals surface area contributed by atoms with Crippen LogP contribution >= 0.6 is 11.8 Å². The van der Waals surface area contributed by atoms with Gasteiger partial charge in [0.05, 0.1) is 10.6 Å². The number of anilines is 2. The van der Waals surface area contributed by atoms with Crippen LogP contribution in [0.5, 0.6) is 0 Å². The minimum atomic E-state index is -0.539. The van der Waals surface area contributed by atoms with Crippen LogP contribution < -0.4 is 11.1 Å². The minimum absolute atomic E-state index is 0.0947. The molecule has 3 rings (SSSR count). The molecule has 0 spiro atoms. The van der Waals surface area contributed by atoms with Crippen molar-refractivity contribution in [3.05, 3.63) is 22.1 Å². The van der Waals surface area contributed by atoms with E-state index in [1.807, 2.05) is 0 Å². The second-order valence-electron chi connectivity index (χ2n) is 4.18. The topological polar surface area (TPSA) is 145 Å². The maximum absolute atomic E-state index is 11.3. The van der Waals surface area contributed by atoms with Crippen molar-refractivity contribution in [3.8, 4) is 0 Å². The number of hydrogen-bond donors (Lipinski definition) is 2. The Balaban J connectivity index is 2.08. The summed E-state index contributed by atoms with van der Waals surface area (Å²) < 4.78 is 0. The van der Waals surface area contributed by atoms with E-state index < -0.39 is 4.92 Å². The largest absolute Gasteiger partial charge is 0.368 e. The fraction of sp³-hybridized carbons (Fsp3) is 0.182. The number of nitrogens with one attached hydrogen (secondary N) is 1. The first-order valence-electron chi connectivity index (χ1n) is 6.14. The first kappa shape index (κ1) is 14.1. The fourth-order valence-electron chi connectivity index (χ4n) is 1.94. The number of rotatable bonds is 4. The molecule has 112 valence electrons. The Kier molecular flexibility index (Phi) is 3.55. The number of aromatic nitrogens is 4. The van der Waals surface area contributed by atoms with E-state index in [1.165, 1.54) is 6.33 Å². The molecule has 0 fully saturated rings. The van der Waals surface area contributed by atoms with Crippen molar-refractivity contribution in [2.75, 3.05) is 18.1 Å². The third-order valence-electron chi connectivity index (χ3n) is 2.85. The molecule has 0 saturated heterocycles. The van der Waals surface area contributed by atoms with E-state index in [1.54, 1.807) is 13.3 Å². The number of fused-ring (bicyclic) bond motifs is 1. The van der Waals surface area contributed by atoms with Crippen molar-refractivity contribution >= 4 is 41.1 Å². The highest BCUT2D eigenvalue weighted by atomic mass is 32.2. The molecule has 0 radical (unpaired) electrons. The van der Waals surface area contributed by atoms with Crippen molar-refractivity contribution in [1.82, 2.24) is 19.9 Å². The number of aliphatic imine (C=N–C) groups is 1. The summed E-state index contributed by atoms with van der Waals surface area (Å²) in [7, 11) is 1.55. The molecule has 0 atom stereocenters. The molecule has 0 aliphatic carbocycles. The van der Waals surface area contributed by atoms with Crippen LogP contribution in [-0.2, 0) is 6.42 Å². The van der Waals surface area contributed by atoms with E-state index in [0.29, 0.717) is 22.8 Å². The highest BCUT2D eigenvalue weighted by molar-refractivity contribution is 7.99. The molecule has 1 aliphatic heterocycles. The Labute approximate surface area is 128 Å². The lowest BCUT2D eigenvalue weighted by Crippen LogP contribution is -2.03. The van der Waals surface area contributed by atoms with Gasteiger partial charge in [-0.1, -0.05) is 0 Å². The summed E-state index contributed by atoms with van der Waals surface area (Å²) >= 11 is 1.01.